The molecule has 1 fully saturated rings. The van der Waals surface area contributed by atoms with Gasteiger partial charge >= 0.3 is 0 Å². The number of nitrogens with zero attached hydrogens (tertiary/aromatic N) is 3. The topological polar surface area (TPSA) is 79.4 Å². The lowest BCUT2D eigenvalue weighted by Gasteiger charge is -2.26. The van der Waals surface area contributed by atoms with Gasteiger partial charge in [-0.1, -0.05) is 6.08 Å². The number of ether oxygens (including phenoxy) is 1. The molecule has 0 aromatic carbocycles. The van der Waals surface area contributed by atoms with Crippen LogP contribution in [0.25, 0.3) is 0 Å². The Kier molecular flexibility index (Phi) is 6.11. The SMILES string of the molecule is C=CCNc1nccc(C(=O)NCCN2CCOCC2)n1. The minimum absolute atomic E-state index is 0.188. The molecule has 0 unspecified atom stereocenters. The number of rotatable bonds is 7. The molecule has 2 rings (SSSR count). The summed E-state index contributed by atoms with van der Waals surface area (Å²) in [7, 11) is 0. The third-order valence-electron chi connectivity index (χ3n) is 3.11. The number of aromatic nitrogens is 2. The maximum atomic E-state index is 12.0. The molecule has 7 nitrogen and oxygen atoms in total. The van der Waals surface area contributed by atoms with Gasteiger partial charge in [-0.05, 0) is 6.07 Å². The smallest absolute Gasteiger partial charge is 0.270 e. The van der Waals surface area contributed by atoms with Gasteiger partial charge < -0.3 is 15.4 Å². The zero-order chi connectivity index (χ0) is 14.9. The van der Waals surface area contributed by atoms with E-state index in [0.29, 0.717) is 24.7 Å². The van der Waals surface area contributed by atoms with Crippen molar-refractivity contribution in [3.05, 3.63) is 30.6 Å². The van der Waals surface area contributed by atoms with Crippen LogP contribution in [0.15, 0.2) is 24.9 Å². The number of amides is 1. The van der Waals surface area contributed by atoms with Crippen molar-refractivity contribution in [3.63, 3.8) is 0 Å². The molecular formula is C14H21N5O2. The molecule has 1 aliphatic heterocycles. The van der Waals surface area contributed by atoms with E-state index in [4.69, 9.17) is 4.74 Å². The van der Waals surface area contributed by atoms with Gasteiger partial charge in [0.2, 0.25) is 5.95 Å². The van der Waals surface area contributed by atoms with Crippen LogP contribution in [0.4, 0.5) is 5.95 Å². The summed E-state index contributed by atoms with van der Waals surface area (Å²) >= 11 is 0. The molecule has 0 saturated carbocycles. The van der Waals surface area contributed by atoms with Crippen LogP contribution in [0.3, 0.4) is 0 Å². The zero-order valence-electron chi connectivity index (χ0n) is 12.0. The second kappa shape index (κ2) is 8.33. The first-order chi connectivity index (χ1) is 10.3. The number of nitrogens with one attached hydrogen (secondary N) is 2. The number of hydrogen-bond acceptors (Lipinski definition) is 6. The molecule has 114 valence electrons. The number of hydrogen-bond donors (Lipinski definition) is 2. The quantitative estimate of drug-likeness (QED) is 0.696. The standard InChI is InChI=1S/C14H21N5O2/c1-2-4-16-14-17-5-3-12(18-14)13(20)15-6-7-19-8-10-21-11-9-19/h2-3,5H,1,4,6-11H2,(H,15,20)(H,16,17,18). The predicted octanol–water partition coefficient (Wildman–Crippen LogP) is 0.137. The summed E-state index contributed by atoms with van der Waals surface area (Å²) < 4.78 is 5.28. The van der Waals surface area contributed by atoms with E-state index < -0.39 is 0 Å². The van der Waals surface area contributed by atoms with Crippen LogP contribution in [0.1, 0.15) is 10.5 Å². The highest BCUT2D eigenvalue weighted by molar-refractivity contribution is 5.92. The Bertz CT molecular complexity index is 474. The van der Waals surface area contributed by atoms with Gasteiger partial charge in [0.15, 0.2) is 0 Å². The molecular weight excluding hydrogens is 270 g/mol. The normalized spacial score (nSPS) is 15.4. The summed E-state index contributed by atoms with van der Waals surface area (Å²) in [5.74, 6) is 0.239. The molecule has 0 radical (unpaired) electrons. The summed E-state index contributed by atoms with van der Waals surface area (Å²) in [5.41, 5.74) is 0.360. The number of morpholine rings is 1. The van der Waals surface area contributed by atoms with Crippen molar-refractivity contribution < 1.29 is 9.53 Å². The number of carbonyl (C=O) groups is 1. The molecule has 2 N–H and O–H groups in total. The van der Waals surface area contributed by atoms with E-state index in [1.54, 1.807) is 18.3 Å². The molecule has 1 aliphatic rings. The van der Waals surface area contributed by atoms with Crippen LogP contribution in [0.5, 0.6) is 0 Å². The summed E-state index contributed by atoms with van der Waals surface area (Å²) in [6.45, 7) is 8.94. The van der Waals surface area contributed by atoms with Gasteiger partial charge in [-0.15, -0.1) is 6.58 Å². The average Bonchev–Trinajstić information content (AvgIpc) is 2.54. The van der Waals surface area contributed by atoms with Gasteiger partial charge in [0, 0.05) is 38.9 Å². The third-order valence-corrected chi connectivity index (χ3v) is 3.11. The van der Waals surface area contributed by atoms with E-state index in [0.717, 1.165) is 32.8 Å². The van der Waals surface area contributed by atoms with Crippen LogP contribution in [-0.4, -0.2) is 66.7 Å². The summed E-state index contributed by atoms with van der Waals surface area (Å²) in [6, 6.07) is 1.60. The molecule has 1 amide bonds. The van der Waals surface area contributed by atoms with Crippen LogP contribution in [0.2, 0.25) is 0 Å². The molecule has 0 bridgehead atoms. The Morgan fingerprint density at radius 2 is 2.29 bits per heavy atom. The Morgan fingerprint density at radius 3 is 3.05 bits per heavy atom. The summed E-state index contributed by atoms with van der Waals surface area (Å²) in [5, 5.41) is 5.82. The largest absolute Gasteiger partial charge is 0.379 e. The lowest BCUT2D eigenvalue weighted by atomic mass is 10.3. The molecule has 1 aromatic heterocycles. The Balaban J connectivity index is 1.78. The van der Waals surface area contributed by atoms with Crippen molar-refractivity contribution in [2.24, 2.45) is 0 Å². The molecule has 0 atom stereocenters. The fourth-order valence-corrected chi connectivity index (χ4v) is 1.98. The maximum Gasteiger partial charge on any atom is 0.270 e. The second-order valence-electron chi connectivity index (χ2n) is 4.64. The van der Waals surface area contributed by atoms with E-state index in [1.165, 1.54) is 0 Å². The average molecular weight is 291 g/mol. The predicted molar refractivity (Wildman–Crippen MR) is 80.3 cm³/mol. The van der Waals surface area contributed by atoms with Crippen molar-refractivity contribution in [2.75, 3.05) is 51.3 Å². The molecule has 7 heteroatoms. The molecule has 0 spiro atoms. The molecule has 2 heterocycles. The van der Waals surface area contributed by atoms with Gasteiger partial charge in [-0.25, -0.2) is 9.97 Å². The fourth-order valence-electron chi connectivity index (χ4n) is 1.98. The zero-order valence-corrected chi connectivity index (χ0v) is 12.0. The van der Waals surface area contributed by atoms with Crippen LogP contribution in [-0.2, 0) is 4.74 Å². The molecule has 0 aliphatic carbocycles. The van der Waals surface area contributed by atoms with E-state index in [-0.39, 0.29) is 5.91 Å². The van der Waals surface area contributed by atoms with Crippen molar-refractivity contribution in [3.8, 4) is 0 Å². The van der Waals surface area contributed by atoms with E-state index in [9.17, 15) is 4.79 Å². The first-order valence-corrected chi connectivity index (χ1v) is 7.05. The van der Waals surface area contributed by atoms with Gasteiger partial charge in [0.1, 0.15) is 5.69 Å². The van der Waals surface area contributed by atoms with Gasteiger partial charge in [-0.2, -0.15) is 0 Å². The van der Waals surface area contributed by atoms with Crippen LogP contribution in [0, 0.1) is 0 Å². The van der Waals surface area contributed by atoms with Gasteiger partial charge in [0.05, 0.1) is 13.2 Å². The van der Waals surface area contributed by atoms with E-state index in [1.807, 2.05) is 0 Å². The first kappa shape index (κ1) is 15.4. The molecule has 1 saturated heterocycles. The Morgan fingerprint density at radius 1 is 1.48 bits per heavy atom. The Hall–Kier alpha value is -1.99. The first-order valence-electron chi connectivity index (χ1n) is 7.05. The monoisotopic (exact) mass is 291 g/mol. The van der Waals surface area contributed by atoms with E-state index in [2.05, 4.69) is 32.1 Å². The van der Waals surface area contributed by atoms with Crippen molar-refractivity contribution in [2.45, 2.75) is 0 Å². The molecule has 1 aromatic rings. The highest BCUT2D eigenvalue weighted by Crippen LogP contribution is 2.00. The number of carbonyl (C=O) groups excluding carboxylic acids is 1. The van der Waals surface area contributed by atoms with Gasteiger partial charge in [-0.3, -0.25) is 9.69 Å². The van der Waals surface area contributed by atoms with E-state index >= 15 is 0 Å². The third kappa shape index (κ3) is 5.13. The van der Waals surface area contributed by atoms with Crippen LogP contribution >= 0.6 is 0 Å². The van der Waals surface area contributed by atoms with Crippen molar-refractivity contribution in [1.29, 1.82) is 0 Å². The maximum absolute atomic E-state index is 12.0. The number of anilines is 1. The van der Waals surface area contributed by atoms with Gasteiger partial charge in [0.25, 0.3) is 5.91 Å². The van der Waals surface area contributed by atoms with Crippen LogP contribution < -0.4 is 10.6 Å². The second-order valence-corrected chi connectivity index (χ2v) is 4.64. The summed E-state index contributed by atoms with van der Waals surface area (Å²) in [4.78, 5) is 22.5. The van der Waals surface area contributed by atoms with Crippen molar-refractivity contribution in [1.82, 2.24) is 20.2 Å². The highest BCUT2D eigenvalue weighted by atomic mass is 16.5. The molecule has 21 heavy (non-hydrogen) atoms. The minimum atomic E-state index is -0.188. The minimum Gasteiger partial charge on any atom is -0.379 e. The lowest BCUT2D eigenvalue weighted by Crippen LogP contribution is -2.41. The highest BCUT2D eigenvalue weighted by Gasteiger charge is 2.11. The van der Waals surface area contributed by atoms with Crippen molar-refractivity contribution >= 4 is 11.9 Å². The lowest BCUT2D eigenvalue weighted by molar-refractivity contribution is 0.0383. The Labute approximate surface area is 124 Å². The fraction of sp³-hybridized carbons (Fsp3) is 0.500. The summed E-state index contributed by atoms with van der Waals surface area (Å²) in [6.07, 6.45) is 3.27.